The molecule has 2 N–H and O–H groups in total. The van der Waals surface area contributed by atoms with Crippen molar-refractivity contribution >= 4 is 11.7 Å². The summed E-state index contributed by atoms with van der Waals surface area (Å²) in [5.74, 6) is -0.00704. The van der Waals surface area contributed by atoms with Gasteiger partial charge in [-0.2, -0.15) is 0 Å². The Morgan fingerprint density at radius 3 is 2.41 bits per heavy atom. The summed E-state index contributed by atoms with van der Waals surface area (Å²) >= 11 is 0. The van der Waals surface area contributed by atoms with E-state index in [0.717, 1.165) is 11.1 Å². The Morgan fingerprint density at radius 2 is 1.65 bits per heavy atom. The van der Waals surface area contributed by atoms with Crippen LogP contribution >= 0.6 is 0 Å². The second-order valence-corrected chi connectivity index (χ2v) is 3.96. The molecule has 0 aliphatic carbocycles. The summed E-state index contributed by atoms with van der Waals surface area (Å²) in [6.07, 6.45) is 0. The predicted molar refractivity (Wildman–Crippen MR) is 66.2 cm³/mol. The number of carbonyl (C=O) groups is 1. The lowest BCUT2D eigenvalue weighted by atomic mass is 10.0. The molecule has 0 aromatic heterocycles. The van der Waals surface area contributed by atoms with Gasteiger partial charge >= 0.3 is 0 Å². The van der Waals surface area contributed by atoms with Gasteiger partial charge in [0.1, 0.15) is 5.84 Å². The maximum Gasteiger partial charge on any atom is 0.257 e. The fraction of sp³-hybridized carbons (Fsp3) is 0. The summed E-state index contributed by atoms with van der Waals surface area (Å²) in [6.45, 7) is 0. The zero-order chi connectivity index (χ0) is 11.8. The SMILES string of the molecule is N=C1NC(=O)c2cc(-c3ccccc3)ccc21. The number of hydrogen-bond donors (Lipinski definition) is 2. The Labute approximate surface area is 98.6 Å². The Hall–Kier alpha value is -2.42. The molecule has 3 nitrogen and oxygen atoms in total. The van der Waals surface area contributed by atoms with Gasteiger partial charge in [0.15, 0.2) is 0 Å². The number of benzene rings is 2. The van der Waals surface area contributed by atoms with Crippen molar-refractivity contribution in [2.24, 2.45) is 0 Å². The summed E-state index contributed by atoms with van der Waals surface area (Å²) in [4.78, 5) is 11.6. The largest absolute Gasteiger partial charge is 0.306 e. The van der Waals surface area contributed by atoms with Gasteiger partial charge in [-0.25, -0.2) is 0 Å². The summed E-state index contributed by atoms with van der Waals surface area (Å²) in [5, 5.41) is 10.1. The molecule has 0 atom stereocenters. The summed E-state index contributed by atoms with van der Waals surface area (Å²) in [5.41, 5.74) is 3.32. The van der Waals surface area contributed by atoms with Gasteiger partial charge in [-0.05, 0) is 23.3 Å². The third-order valence-corrected chi connectivity index (χ3v) is 2.88. The van der Waals surface area contributed by atoms with Crippen LogP contribution < -0.4 is 5.32 Å². The van der Waals surface area contributed by atoms with Gasteiger partial charge in [0.25, 0.3) is 5.91 Å². The van der Waals surface area contributed by atoms with Gasteiger partial charge in [0.2, 0.25) is 0 Å². The normalized spacial score (nSPS) is 13.4. The molecular formula is C14H10N2O. The van der Waals surface area contributed by atoms with Crippen LogP contribution in [0.25, 0.3) is 11.1 Å². The number of amidine groups is 1. The molecule has 1 aliphatic heterocycles. The second-order valence-electron chi connectivity index (χ2n) is 3.96. The van der Waals surface area contributed by atoms with Crippen molar-refractivity contribution in [3.8, 4) is 11.1 Å². The minimum atomic E-state index is -0.192. The molecule has 0 saturated heterocycles. The number of hydrogen-bond acceptors (Lipinski definition) is 2. The molecule has 3 rings (SSSR count). The van der Waals surface area contributed by atoms with Crippen LogP contribution in [0.1, 0.15) is 15.9 Å². The Balaban J connectivity index is 2.15. The average Bonchev–Trinajstić information content (AvgIpc) is 2.66. The van der Waals surface area contributed by atoms with Gasteiger partial charge in [-0.15, -0.1) is 0 Å². The first-order chi connectivity index (χ1) is 8.25. The third kappa shape index (κ3) is 1.52. The van der Waals surface area contributed by atoms with Crippen LogP contribution in [0.15, 0.2) is 48.5 Å². The standard InChI is InChI=1S/C14H10N2O/c15-13-11-7-6-10(8-12(11)14(17)16-13)9-4-2-1-3-5-9/h1-8H,(H2,15,16,17). The van der Waals surface area contributed by atoms with E-state index >= 15 is 0 Å². The molecule has 1 aliphatic rings. The summed E-state index contributed by atoms with van der Waals surface area (Å²) in [6, 6.07) is 15.5. The number of rotatable bonds is 1. The molecule has 0 saturated carbocycles. The monoisotopic (exact) mass is 222 g/mol. The van der Waals surface area contributed by atoms with Crippen LogP contribution in [-0.4, -0.2) is 11.7 Å². The number of fused-ring (bicyclic) bond motifs is 1. The number of amides is 1. The van der Waals surface area contributed by atoms with Crippen molar-refractivity contribution in [3.05, 3.63) is 59.7 Å². The lowest BCUT2D eigenvalue weighted by Crippen LogP contribution is -2.19. The summed E-state index contributed by atoms with van der Waals surface area (Å²) < 4.78 is 0. The first-order valence-electron chi connectivity index (χ1n) is 5.35. The van der Waals surface area contributed by atoms with Crippen LogP contribution in [0.2, 0.25) is 0 Å². The van der Waals surface area contributed by atoms with Crippen LogP contribution in [0, 0.1) is 5.41 Å². The minimum Gasteiger partial charge on any atom is -0.306 e. The van der Waals surface area contributed by atoms with Crippen LogP contribution in [0.4, 0.5) is 0 Å². The smallest absolute Gasteiger partial charge is 0.257 e. The van der Waals surface area contributed by atoms with Crippen molar-refractivity contribution < 1.29 is 4.79 Å². The molecule has 3 heteroatoms. The molecule has 0 spiro atoms. The average molecular weight is 222 g/mol. The van der Waals surface area contributed by atoms with Crippen LogP contribution in [0.5, 0.6) is 0 Å². The van der Waals surface area contributed by atoms with Crippen LogP contribution in [0.3, 0.4) is 0 Å². The molecule has 1 amide bonds. The highest BCUT2D eigenvalue weighted by Gasteiger charge is 2.23. The van der Waals surface area contributed by atoms with E-state index in [1.54, 1.807) is 0 Å². The van der Waals surface area contributed by atoms with E-state index in [4.69, 9.17) is 5.41 Å². The fourth-order valence-corrected chi connectivity index (χ4v) is 2.01. The highest BCUT2D eigenvalue weighted by atomic mass is 16.2. The van der Waals surface area contributed by atoms with Crippen molar-refractivity contribution in [2.45, 2.75) is 0 Å². The maximum absolute atomic E-state index is 11.6. The van der Waals surface area contributed by atoms with E-state index in [1.165, 1.54) is 0 Å². The molecule has 2 aromatic rings. The van der Waals surface area contributed by atoms with E-state index in [2.05, 4.69) is 5.32 Å². The number of carbonyl (C=O) groups excluding carboxylic acids is 1. The number of nitrogens with one attached hydrogen (secondary N) is 2. The van der Waals surface area contributed by atoms with Gasteiger partial charge in [0.05, 0.1) is 5.56 Å². The molecule has 1 heterocycles. The Morgan fingerprint density at radius 1 is 0.882 bits per heavy atom. The summed E-state index contributed by atoms with van der Waals surface area (Å²) in [7, 11) is 0. The minimum absolute atomic E-state index is 0.185. The van der Waals surface area contributed by atoms with Crippen molar-refractivity contribution in [1.29, 1.82) is 5.41 Å². The highest BCUT2D eigenvalue weighted by molar-refractivity contribution is 6.22. The molecule has 0 bridgehead atoms. The molecule has 2 aromatic carbocycles. The van der Waals surface area contributed by atoms with Gasteiger partial charge in [-0.3, -0.25) is 10.2 Å². The first-order valence-corrected chi connectivity index (χ1v) is 5.35. The molecule has 17 heavy (non-hydrogen) atoms. The lowest BCUT2D eigenvalue weighted by molar-refractivity contribution is 0.0983. The van der Waals surface area contributed by atoms with Gasteiger partial charge in [0, 0.05) is 5.56 Å². The maximum atomic E-state index is 11.6. The van der Waals surface area contributed by atoms with Crippen molar-refractivity contribution in [2.75, 3.05) is 0 Å². The lowest BCUT2D eigenvalue weighted by Gasteiger charge is -2.03. The Bertz CT molecular complexity index is 617. The van der Waals surface area contributed by atoms with E-state index in [9.17, 15) is 4.79 Å². The zero-order valence-corrected chi connectivity index (χ0v) is 9.03. The van der Waals surface area contributed by atoms with E-state index in [1.807, 2.05) is 48.5 Å². The van der Waals surface area contributed by atoms with E-state index in [0.29, 0.717) is 11.1 Å². The van der Waals surface area contributed by atoms with Gasteiger partial charge in [-0.1, -0.05) is 36.4 Å². The molecule has 82 valence electrons. The van der Waals surface area contributed by atoms with Crippen LogP contribution in [-0.2, 0) is 0 Å². The van der Waals surface area contributed by atoms with Crippen molar-refractivity contribution in [1.82, 2.24) is 5.32 Å². The van der Waals surface area contributed by atoms with Gasteiger partial charge < -0.3 is 5.32 Å². The zero-order valence-electron chi connectivity index (χ0n) is 9.03. The van der Waals surface area contributed by atoms with Crippen molar-refractivity contribution in [3.63, 3.8) is 0 Å². The van der Waals surface area contributed by atoms with E-state index in [-0.39, 0.29) is 11.7 Å². The quantitative estimate of drug-likeness (QED) is 0.765. The third-order valence-electron chi connectivity index (χ3n) is 2.88. The molecule has 0 fully saturated rings. The second kappa shape index (κ2) is 3.56. The highest BCUT2D eigenvalue weighted by Crippen LogP contribution is 2.24. The molecular weight excluding hydrogens is 212 g/mol. The Kier molecular flexibility index (Phi) is 2.05. The topological polar surface area (TPSA) is 53.0 Å². The molecule has 0 unspecified atom stereocenters. The molecule has 0 radical (unpaired) electrons. The fourth-order valence-electron chi connectivity index (χ4n) is 2.01. The predicted octanol–water partition coefficient (Wildman–Crippen LogP) is 2.42. The first kappa shape index (κ1) is 9.78. The van der Waals surface area contributed by atoms with E-state index < -0.39 is 0 Å².